The largest absolute Gasteiger partial charge is 0.496 e. The summed E-state index contributed by atoms with van der Waals surface area (Å²) in [6.07, 6.45) is 5.64. The number of ketones is 1. The van der Waals surface area contributed by atoms with Crippen LogP contribution in [0, 0.1) is 12.8 Å². The summed E-state index contributed by atoms with van der Waals surface area (Å²) in [4.78, 5) is 16.0. The molecule has 2 aliphatic heterocycles. The summed E-state index contributed by atoms with van der Waals surface area (Å²) in [6, 6.07) is 17.7. The maximum atomic E-state index is 13.3. The van der Waals surface area contributed by atoms with E-state index in [0.717, 1.165) is 30.5 Å². The van der Waals surface area contributed by atoms with Crippen molar-refractivity contribution in [3.05, 3.63) is 65.2 Å². The quantitative estimate of drug-likeness (QED) is 0.699. The summed E-state index contributed by atoms with van der Waals surface area (Å²) >= 11 is 0. The Morgan fingerprint density at radius 1 is 1.07 bits per heavy atom. The highest BCUT2D eigenvalue weighted by Gasteiger charge is 2.41. The lowest BCUT2D eigenvalue weighted by atomic mass is 9.75. The number of piperidine rings is 2. The minimum atomic E-state index is 0.114. The Balaban J connectivity index is 1.53. The van der Waals surface area contributed by atoms with Gasteiger partial charge < -0.3 is 4.74 Å². The zero-order valence-corrected chi connectivity index (χ0v) is 16.4. The van der Waals surface area contributed by atoms with E-state index in [1.54, 1.807) is 7.11 Å². The zero-order valence-electron chi connectivity index (χ0n) is 16.4. The van der Waals surface area contributed by atoms with Crippen LogP contribution in [0.25, 0.3) is 0 Å². The van der Waals surface area contributed by atoms with Gasteiger partial charge in [-0.3, -0.25) is 9.69 Å². The number of methoxy groups -OCH3 is 1. The highest BCUT2D eigenvalue weighted by atomic mass is 16.5. The molecule has 3 heteroatoms. The van der Waals surface area contributed by atoms with Gasteiger partial charge in [-0.05, 0) is 50.3 Å². The number of rotatable bonds is 5. The van der Waals surface area contributed by atoms with Crippen LogP contribution >= 0.6 is 0 Å². The van der Waals surface area contributed by atoms with Crippen LogP contribution in [0.5, 0.6) is 5.75 Å². The maximum absolute atomic E-state index is 13.3. The van der Waals surface area contributed by atoms with E-state index < -0.39 is 0 Å². The molecule has 0 N–H and O–H groups in total. The van der Waals surface area contributed by atoms with E-state index in [0.29, 0.717) is 17.8 Å². The minimum absolute atomic E-state index is 0.114. The fraction of sp³-hybridized carbons (Fsp3) is 0.458. The average molecular weight is 364 g/mol. The molecule has 2 atom stereocenters. The molecule has 0 amide bonds. The molecule has 4 rings (SSSR count). The van der Waals surface area contributed by atoms with Crippen LogP contribution in [0.3, 0.4) is 0 Å². The van der Waals surface area contributed by atoms with Crippen molar-refractivity contribution in [3.8, 4) is 5.75 Å². The van der Waals surface area contributed by atoms with Gasteiger partial charge in [0.15, 0.2) is 5.78 Å². The first-order valence-corrected chi connectivity index (χ1v) is 10.1. The number of hydrogen-bond donors (Lipinski definition) is 0. The predicted octanol–water partition coefficient (Wildman–Crippen LogP) is 5.02. The summed E-state index contributed by atoms with van der Waals surface area (Å²) in [5, 5.41) is 0. The van der Waals surface area contributed by atoms with Crippen molar-refractivity contribution in [3.63, 3.8) is 0 Å². The van der Waals surface area contributed by atoms with Gasteiger partial charge >= 0.3 is 0 Å². The lowest BCUT2D eigenvalue weighted by Crippen LogP contribution is -2.52. The molecule has 2 saturated heterocycles. The molecule has 2 aromatic rings. The van der Waals surface area contributed by atoms with Crippen molar-refractivity contribution in [2.45, 2.75) is 57.7 Å². The summed E-state index contributed by atoms with van der Waals surface area (Å²) in [5.74, 6) is 1.09. The molecule has 0 spiro atoms. The molecule has 0 saturated carbocycles. The zero-order chi connectivity index (χ0) is 18.8. The van der Waals surface area contributed by atoms with Crippen molar-refractivity contribution in [1.29, 1.82) is 0 Å². The highest BCUT2D eigenvalue weighted by molar-refractivity contribution is 6.00. The standard InChI is InChI=1S/C24H29NO2/c1-17-11-12-23(27-2)22(13-17)24(26)19-14-20-9-6-10-21(15-19)25(20)16-18-7-4-3-5-8-18/h3-5,7-8,11-13,19-21H,6,9-10,14-16H2,1-2H3. The molecule has 3 nitrogen and oxygen atoms in total. The highest BCUT2D eigenvalue weighted by Crippen LogP contribution is 2.40. The van der Waals surface area contributed by atoms with E-state index in [1.165, 1.54) is 24.8 Å². The van der Waals surface area contributed by atoms with Gasteiger partial charge in [0.2, 0.25) is 0 Å². The van der Waals surface area contributed by atoms with E-state index in [-0.39, 0.29) is 11.7 Å². The van der Waals surface area contributed by atoms with Gasteiger partial charge in [-0.15, -0.1) is 0 Å². The fourth-order valence-electron chi connectivity index (χ4n) is 4.98. The Kier molecular flexibility index (Phi) is 5.31. The van der Waals surface area contributed by atoms with E-state index >= 15 is 0 Å². The number of fused-ring (bicyclic) bond motifs is 2. The van der Waals surface area contributed by atoms with Crippen molar-refractivity contribution >= 4 is 5.78 Å². The Hall–Kier alpha value is -2.13. The molecule has 2 aromatic carbocycles. The lowest BCUT2D eigenvalue weighted by Gasteiger charge is -2.48. The Morgan fingerprint density at radius 2 is 1.78 bits per heavy atom. The van der Waals surface area contributed by atoms with Gasteiger partial charge in [-0.1, -0.05) is 48.4 Å². The molecule has 2 heterocycles. The molecule has 0 aromatic heterocycles. The van der Waals surface area contributed by atoms with Crippen molar-refractivity contribution in [1.82, 2.24) is 4.90 Å². The Labute approximate surface area is 162 Å². The summed E-state index contributed by atoms with van der Waals surface area (Å²) in [6.45, 7) is 3.04. The molecule has 0 aliphatic carbocycles. The normalized spacial score (nSPS) is 25.2. The smallest absolute Gasteiger partial charge is 0.169 e. The lowest BCUT2D eigenvalue weighted by molar-refractivity contribution is 0.00899. The first kappa shape index (κ1) is 18.2. The number of Topliss-reactive ketones (excluding diaryl/α,β-unsaturated/α-hetero) is 1. The van der Waals surface area contributed by atoms with Gasteiger partial charge in [0.25, 0.3) is 0 Å². The number of carbonyl (C=O) groups is 1. The average Bonchev–Trinajstić information content (AvgIpc) is 2.68. The molecule has 142 valence electrons. The number of carbonyl (C=O) groups excluding carboxylic acids is 1. The van der Waals surface area contributed by atoms with Gasteiger partial charge in [0.1, 0.15) is 5.75 Å². The molecule has 2 aliphatic rings. The second-order valence-corrected chi connectivity index (χ2v) is 8.13. The van der Waals surface area contributed by atoms with Crippen LogP contribution in [-0.4, -0.2) is 29.9 Å². The Bertz CT molecular complexity index is 787. The van der Waals surface area contributed by atoms with E-state index in [9.17, 15) is 4.79 Å². The third kappa shape index (κ3) is 3.79. The topological polar surface area (TPSA) is 29.5 Å². The number of aryl methyl sites for hydroxylation is 1. The molecule has 0 radical (unpaired) electrons. The second kappa shape index (κ2) is 7.85. The maximum Gasteiger partial charge on any atom is 0.169 e. The van der Waals surface area contributed by atoms with E-state index in [4.69, 9.17) is 4.74 Å². The summed E-state index contributed by atoms with van der Waals surface area (Å²) in [7, 11) is 1.65. The molecule has 27 heavy (non-hydrogen) atoms. The van der Waals surface area contributed by atoms with Crippen LogP contribution in [-0.2, 0) is 6.54 Å². The van der Waals surface area contributed by atoms with E-state index in [2.05, 4.69) is 35.2 Å². The van der Waals surface area contributed by atoms with Crippen molar-refractivity contribution in [2.75, 3.05) is 7.11 Å². The number of benzene rings is 2. The van der Waals surface area contributed by atoms with Crippen LogP contribution in [0.1, 0.15) is 53.6 Å². The van der Waals surface area contributed by atoms with Gasteiger partial charge in [0, 0.05) is 24.5 Å². The molecule has 2 unspecified atom stereocenters. The SMILES string of the molecule is COc1ccc(C)cc1C(=O)C1CC2CCCC(C1)N2Cc1ccccc1. The first-order chi connectivity index (χ1) is 13.2. The second-order valence-electron chi connectivity index (χ2n) is 8.13. The van der Waals surface area contributed by atoms with Gasteiger partial charge in [0.05, 0.1) is 12.7 Å². The van der Waals surface area contributed by atoms with Gasteiger partial charge in [-0.2, -0.15) is 0 Å². The van der Waals surface area contributed by atoms with Gasteiger partial charge in [-0.25, -0.2) is 0 Å². The molecular weight excluding hydrogens is 334 g/mol. The number of hydrogen-bond acceptors (Lipinski definition) is 3. The predicted molar refractivity (Wildman–Crippen MR) is 108 cm³/mol. The fourth-order valence-corrected chi connectivity index (χ4v) is 4.98. The molecule has 2 fully saturated rings. The molecule has 2 bridgehead atoms. The minimum Gasteiger partial charge on any atom is -0.496 e. The Morgan fingerprint density at radius 3 is 2.44 bits per heavy atom. The van der Waals surface area contributed by atoms with Crippen molar-refractivity contribution < 1.29 is 9.53 Å². The van der Waals surface area contributed by atoms with Crippen LogP contribution in [0.4, 0.5) is 0 Å². The van der Waals surface area contributed by atoms with Crippen LogP contribution in [0.2, 0.25) is 0 Å². The van der Waals surface area contributed by atoms with Crippen LogP contribution < -0.4 is 4.74 Å². The third-order valence-corrected chi connectivity index (χ3v) is 6.33. The summed E-state index contributed by atoms with van der Waals surface area (Å²) < 4.78 is 5.48. The third-order valence-electron chi connectivity index (χ3n) is 6.33. The van der Waals surface area contributed by atoms with Crippen molar-refractivity contribution in [2.24, 2.45) is 5.92 Å². The summed E-state index contributed by atoms with van der Waals surface area (Å²) in [5.41, 5.74) is 3.25. The monoisotopic (exact) mass is 363 g/mol. The molecular formula is C24H29NO2. The number of nitrogens with zero attached hydrogens (tertiary/aromatic N) is 1. The van der Waals surface area contributed by atoms with Crippen LogP contribution in [0.15, 0.2) is 48.5 Å². The number of ether oxygens (including phenoxy) is 1. The van der Waals surface area contributed by atoms with E-state index in [1.807, 2.05) is 25.1 Å². The first-order valence-electron chi connectivity index (χ1n) is 10.1.